The van der Waals surface area contributed by atoms with Crippen molar-refractivity contribution in [1.29, 1.82) is 0 Å². The minimum Gasteiger partial charge on any atom is -0.425 e. The summed E-state index contributed by atoms with van der Waals surface area (Å²) in [7, 11) is -6.61. The third-order valence-electron chi connectivity index (χ3n) is 5.34. The van der Waals surface area contributed by atoms with Crippen molar-refractivity contribution in [2.24, 2.45) is 0 Å². The zero-order valence-corrected chi connectivity index (χ0v) is 26.0. The molecule has 0 radical (unpaired) electrons. The molecule has 0 spiro atoms. The van der Waals surface area contributed by atoms with Crippen LogP contribution in [0.15, 0.2) is 25.6 Å². The number of hydrogen-bond acceptors (Lipinski definition) is 3. The molecule has 304 valence electrons. The molecule has 1 N–H and O–H groups in total. The fourth-order valence-corrected chi connectivity index (χ4v) is 3.61. The molecule has 0 amide bonds. The van der Waals surface area contributed by atoms with Crippen LogP contribution in [0.4, 0.5) is 123 Å². The van der Waals surface area contributed by atoms with Gasteiger partial charge in [0.05, 0.1) is 0 Å². The zero-order chi connectivity index (χ0) is 43.5. The number of hydrogen-bond donors (Lipinski definition) is 1. The molecule has 1 aromatic carbocycles. The minimum absolute atomic E-state index is 0.825. The molecule has 0 saturated carbocycles. The van der Waals surface area contributed by atoms with Gasteiger partial charge in [-0.05, 0) is 0 Å². The number of halogens is 28. The molecule has 1 aromatic rings. The first-order chi connectivity index (χ1) is 22.8. The zero-order valence-electron chi connectivity index (χ0n) is 23.2. The smallest absolute Gasteiger partial charge is 0.425 e. The third kappa shape index (κ3) is 8.50. The van der Waals surface area contributed by atoms with Gasteiger partial charge in [-0.1, -0.05) is 0 Å². The Labute approximate surface area is 287 Å². The van der Waals surface area contributed by atoms with Gasteiger partial charge in [-0.2, -0.15) is 87.4 Å². The van der Waals surface area contributed by atoms with Crippen LogP contribution in [-0.2, 0) is 10.1 Å². The summed E-state index contributed by atoms with van der Waals surface area (Å²) in [5.41, 5.74) is 0. The Bertz CT molecular complexity index is 1720. The number of benzene rings is 1. The predicted molar refractivity (Wildman–Crippen MR) is 108 cm³/mol. The van der Waals surface area contributed by atoms with Gasteiger partial charge in [0, 0.05) is 0 Å². The van der Waals surface area contributed by atoms with Crippen LogP contribution in [0.25, 0.3) is 0 Å². The maximum absolute atomic E-state index is 13.7. The molecule has 0 atom stereocenters. The maximum atomic E-state index is 13.7. The maximum Gasteiger partial charge on any atom is 0.460 e. The van der Waals surface area contributed by atoms with E-state index in [0.717, 1.165) is 0 Å². The molecule has 0 saturated heterocycles. The van der Waals surface area contributed by atoms with Crippen LogP contribution in [0.2, 0.25) is 0 Å². The van der Waals surface area contributed by atoms with E-state index in [1.54, 1.807) is 0 Å². The average Bonchev–Trinajstić information content (AvgIpc) is 2.95. The number of rotatable bonds is 10. The molecule has 4 nitrogen and oxygen atoms in total. The topological polar surface area (TPSA) is 63.6 Å². The van der Waals surface area contributed by atoms with Crippen molar-refractivity contribution in [1.82, 2.24) is 0 Å². The molecule has 0 unspecified atom stereocenters. The van der Waals surface area contributed by atoms with Gasteiger partial charge in [-0.3, -0.25) is 4.55 Å². The van der Waals surface area contributed by atoms with Crippen molar-refractivity contribution >= 4 is 38.0 Å². The first kappa shape index (κ1) is 50.5. The van der Waals surface area contributed by atoms with E-state index in [2.05, 4.69) is 4.74 Å². The van der Waals surface area contributed by atoms with Crippen LogP contribution in [-0.4, -0.2) is 94.7 Å². The standard InChI is InChI=1S/C15HF21O4S.C4F7.Na/c16-1-2(17)4(19)6(41(37,38)39)5(3(1)18)40-8(21)7(20)9(22,23)10(24,25)11(26,27)12(28,29)13(30,31)14(32,33)15(34,35)36;5-1-2(6)3(7,8)4(9,10)11;/h(H,37,38,39);;. The molecule has 0 aliphatic carbocycles. The summed E-state index contributed by atoms with van der Waals surface area (Å²) < 4.78 is 390. The van der Waals surface area contributed by atoms with Crippen molar-refractivity contribution in [3.8, 4) is 5.75 Å². The van der Waals surface area contributed by atoms with Crippen molar-refractivity contribution in [2.45, 2.75) is 58.7 Å². The fraction of sp³-hybridized carbons (Fsp3) is 0.474. The largest absolute Gasteiger partial charge is 0.460 e. The van der Waals surface area contributed by atoms with Crippen LogP contribution >= 0.6 is 0 Å². The first-order valence-electron chi connectivity index (χ1n) is 11.2. The Hall–Kier alpha value is -2.55. The Kier molecular flexibility index (Phi) is 14.1. The monoisotopic (exact) mass is 880 g/mol. The van der Waals surface area contributed by atoms with Gasteiger partial charge in [0.15, 0.2) is 22.3 Å². The van der Waals surface area contributed by atoms with E-state index < -0.39 is 147 Å². The van der Waals surface area contributed by atoms with E-state index in [1.165, 1.54) is 0 Å². The van der Waals surface area contributed by atoms with Crippen LogP contribution in [0, 0.1) is 23.3 Å². The molecule has 0 bridgehead atoms. The van der Waals surface area contributed by atoms with Crippen LogP contribution < -0.4 is 4.74 Å². The molecule has 0 heterocycles. The second-order valence-electron chi connectivity index (χ2n) is 8.94. The predicted octanol–water partition coefficient (Wildman–Crippen LogP) is 9.81. The van der Waals surface area contributed by atoms with Crippen molar-refractivity contribution in [3.05, 3.63) is 44.0 Å². The van der Waals surface area contributed by atoms with E-state index >= 15 is 0 Å². The number of allylic oxidation sites excluding steroid dienone is 2. The summed E-state index contributed by atoms with van der Waals surface area (Å²) in [5.74, 6) is -82.6. The van der Waals surface area contributed by atoms with Gasteiger partial charge in [0.1, 0.15) is 0 Å². The van der Waals surface area contributed by atoms with E-state index in [4.69, 9.17) is 4.55 Å². The van der Waals surface area contributed by atoms with E-state index in [1.807, 2.05) is 0 Å². The van der Waals surface area contributed by atoms with Gasteiger partial charge in [0.25, 0.3) is 0 Å². The molecule has 0 aliphatic rings. The summed E-state index contributed by atoms with van der Waals surface area (Å²) in [6.07, 6.45) is -14.1. The number of ether oxygens (including phenoxy) is 1. The van der Waals surface area contributed by atoms with Crippen molar-refractivity contribution in [2.75, 3.05) is 0 Å². The summed E-state index contributed by atoms with van der Waals surface area (Å²) in [5, 5.41) is 0. The Balaban J connectivity index is 0.00000192. The Morgan fingerprint density at radius 2 is 0.830 bits per heavy atom. The van der Waals surface area contributed by atoms with E-state index in [9.17, 15) is 131 Å². The molecule has 53 heavy (non-hydrogen) atoms. The summed E-state index contributed by atoms with van der Waals surface area (Å²) >= 11 is -0.825. The van der Waals surface area contributed by atoms with Gasteiger partial charge in [-0.25, -0.2) is 13.2 Å². The van der Waals surface area contributed by atoms with Crippen molar-refractivity contribution in [3.63, 3.8) is 0 Å². The molecular formula is C19HF28NaO4S. The normalized spacial score (nSPS) is 15.8. The Morgan fingerprint density at radius 3 is 1.13 bits per heavy atom. The van der Waals surface area contributed by atoms with Gasteiger partial charge < -0.3 is 4.74 Å². The molecule has 34 heteroatoms. The molecular weight excluding hydrogens is 879 g/mol. The molecule has 0 fully saturated rings. The average molecular weight is 880 g/mol. The quantitative estimate of drug-likeness (QED) is 0.0636. The molecule has 0 aliphatic heterocycles. The minimum atomic E-state index is -8.95. The van der Waals surface area contributed by atoms with E-state index in [-0.39, 0.29) is 0 Å². The van der Waals surface area contributed by atoms with Gasteiger partial charge in [0.2, 0.25) is 17.5 Å². The van der Waals surface area contributed by atoms with Crippen molar-refractivity contribution < 1.29 is 141 Å². The van der Waals surface area contributed by atoms with Crippen LogP contribution in [0.1, 0.15) is 0 Å². The van der Waals surface area contributed by atoms with Crippen LogP contribution in [0.5, 0.6) is 5.75 Å². The third-order valence-corrected chi connectivity index (χ3v) is 6.66. The molecule has 0 aromatic heterocycles. The fourth-order valence-electron chi connectivity index (χ4n) is 2.62. The Morgan fingerprint density at radius 1 is 0.491 bits per heavy atom. The van der Waals surface area contributed by atoms with Crippen LogP contribution in [0.3, 0.4) is 0 Å². The summed E-state index contributed by atoms with van der Waals surface area (Å²) in [6.45, 7) is 0. The van der Waals surface area contributed by atoms with Gasteiger partial charge in [-0.15, -0.1) is 0 Å². The summed E-state index contributed by atoms with van der Waals surface area (Å²) in [6, 6.07) is -4.53. The number of alkyl halides is 20. The first-order valence-corrected chi connectivity index (χ1v) is 13.6. The second-order valence-corrected chi connectivity index (χ2v) is 11.2. The van der Waals surface area contributed by atoms with E-state index in [0.29, 0.717) is 0 Å². The molecule has 1 rings (SSSR count). The second kappa shape index (κ2) is 14.8. The SMILES string of the molecule is F[C]([Na])=C(F)C(F)(F)C(F)(F)F.O=S(=O)(O)c1c(F)c(F)c(F)c(F)c1OC(F)=C(F)C(F)(F)C(F)(F)C(F)(F)C(F)(F)C(F)(F)C(F)(F)C(F)(F)F. The summed E-state index contributed by atoms with van der Waals surface area (Å²) in [4.78, 5) is -3.20. The van der Waals surface area contributed by atoms with Gasteiger partial charge >= 0.3 is 138 Å².